The first-order chi connectivity index (χ1) is 19.0. The fourth-order valence-electron chi connectivity index (χ4n) is 6.04. The summed E-state index contributed by atoms with van der Waals surface area (Å²) in [6.45, 7) is 0.536. The molecule has 6 rings (SSSR count). The maximum Gasteiger partial charge on any atom is 0.239 e. The van der Waals surface area contributed by atoms with Crippen molar-refractivity contribution in [1.82, 2.24) is 4.90 Å². The SMILES string of the molecule is O=C1C[C@H]([C@]2(Cc3ccccc3)C(=O)N(Cc3ccccc3)c3ccc(Cl)cc32)C(=O)N1Cc1ccccc1. The molecule has 0 unspecified atom stereocenters. The van der Waals surface area contributed by atoms with Gasteiger partial charge in [0.25, 0.3) is 0 Å². The predicted molar refractivity (Wildman–Crippen MR) is 151 cm³/mol. The molecule has 0 saturated carbocycles. The average Bonchev–Trinajstić information content (AvgIpc) is 3.36. The van der Waals surface area contributed by atoms with E-state index in [1.807, 2.05) is 97.1 Å². The number of imide groups is 1. The van der Waals surface area contributed by atoms with Crippen molar-refractivity contribution >= 4 is 35.0 Å². The lowest BCUT2D eigenvalue weighted by molar-refractivity contribution is -0.142. The van der Waals surface area contributed by atoms with E-state index < -0.39 is 11.3 Å². The van der Waals surface area contributed by atoms with E-state index in [1.54, 1.807) is 17.0 Å². The van der Waals surface area contributed by atoms with Gasteiger partial charge in [-0.25, -0.2) is 0 Å². The van der Waals surface area contributed by atoms with Crippen LogP contribution in [0, 0.1) is 5.92 Å². The second-order valence-corrected chi connectivity index (χ2v) is 10.7. The van der Waals surface area contributed by atoms with E-state index in [-0.39, 0.29) is 37.1 Å². The van der Waals surface area contributed by atoms with Crippen molar-refractivity contribution < 1.29 is 14.4 Å². The van der Waals surface area contributed by atoms with Gasteiger partial charge in [-0.15, -0.1) is 0 Å². The summed E-state index contributed by atoms with van der Waals surface area (Å²) in [7, 11) is 0. The van der Waals surface area contributed by atoms with Crippen LogP contribution in [-0.2, 0) is 39.3 Å². The van der Waals surface area contributed by atoms with Crippen LogP contribution in [0.15, 0.2) is 109 Å². The molecule has 194 valence electrons. The van der Waals surface area contributed by atoms with Gasteiger partial charge in [0, 0.05) is 17.1 Å². The largest absolute Gasteiger partial charge is 0.307 e. The highest BCUT2D eigenvalue weighted by Gasteiger charge is 2.61. The van der Waals surface area contributed by atoms with Crippen LogP contribution in [0.25, 0.3) is 0 Å². The monoisotopic (exact) mass is 534 g/mol. The lowest BCUT2D eigenvalue weighted by atomic mass is 9.66. The van der Waals surface area contributed by atoms with Crippen LogP contribution in [-0.4, -0.2) is 22.6 Å². The normalized spacial score (nSPS) is 20.5. The smallest absolute Gasteiger partial charge is 0.239 e. The Labute approximate surface area is 232 Å². The molecule has 0 aromatic heterocycles. The molecule has 3 amide bonds. The second kappa shape index (κ2) is 10.2. The first-order valence-electron chi connectivity index (χ1n) is 13.1. The summed E-state index contributed by atoms with van der Waals surface area (Å²) in [5.41, 5.74) is 2.92. The number of anilines is 1. The number of likely N-dealkylation sites (tertiary alicyclic amines) is 1. The van der Waals surface area contributed by atoms with Crippen LogP contribution in [0.5, 0.6) is 0 Å². The first kappa shape index (κ1) is 25.1. The van der Waals surface area contributed by atoms with Gasteiger partial charge in [-0.1, -0.05) is 103 Å². The molecule has 2 atom stereocenters. The summed E-state index contributed by atoms with van der Waals surface area (Å²) >= 11 is 6.52. The van der Waals surface area contributed by atoms with Crippen LogP contribution in [0.2, 0.25) is 5.02 Å². The Hall–Kier alpha value is -4.22. The number of halogens is 1. The van der Waals surface area contributed by atoms with E-state index in [2.05, 4.69) is 0 Å². The molecule has 4 aromatic carbocycles. The van der Waals surface area contributed by atoms with E-state index in [0.717, 1.165) is 22.4 Å². The molecule has 2 aliphatic heterocycles. The third-order valence-electron chi connectivity index (χ3n) is 7.89. The number of rotatable bonds is 7. The summed E-state index contributed by atoms with van der Waals surface area (Å²) in [6.07, 6.45) is 0.254. The van der Waals surface area contributed by atoms with Crippen molar-refractivity contribution in [2.24, 2.45) is 5.92 Å². The highest BCUT2D eigenvalue weighted by Crippen LogP contribution is 2.52. The van der Waals surface area contributed by atoms with Crippen molar-refractivity contribution in [1.29, 1.82) is 0 Å². The van der Waals surface area contributed by atoms with Crippen LogP contribution >= 0.6 is 11.6 Å². The number of hydrogen-bond donors (Lipinski definition) is 0. The maximum absolute atomic E-state index is 14.7. The van der Waals surface area contributed by atoms with Crippen molar-refractivity contribution in [3.63, 3.8) is 0 Å². The van der Waals surface area contributed by atoms with E-state index in [1.165, 1.54) is 4.90 Å². The lowest BCUT2D eigenvalue weighted by Gasteiger charge is -2.33. The predicted octanol–water partition coefficient (Wildman–Crippen LogP) is 5.94. The van der Waals surface area contributed by atoms with Crippen LogP contribution < -0.4 is 4.90 Å². The third-order valence-corrected chi connectivity index (χ3v) is 8.12. The molecule has 0 spiro atoms. The van der Waals surface area contributed by atoms with Gasteiger partial charge in [0.15, 0.2) is 0 Å². The summed E-state index contributed by atoms with van der Waals surface area (Å²) < 4.78 is 0. The van der Waals surface area contributed by atoms with Crippen LogP contribution in [0.4, 0.5) is 5.69 Å². The molecule has 0 N–H and O–H groups in total. The first-order valence-corrected chi connectivity index (χ1v) is 13.4. The third kappa shape index (κ3) is 4.43. The minimum atomic E-state index is -1.27. The fourth-order valence-corrected chi connectivity index (χ4v) is 6.21. The van der Waals surface area contributed by atoms with E-state index in [9.17, 15) is 14.4 Å². The van der Waals surface area contributed by atoms with Gasteiger partial charge in [-0.3, -0.25) is 19.3 Å². The number of carbonyl (C=O) groups excluding carboxylic acids is 3. The Morgan fingerprint density at radius 3 is 1.82 bits per heavy atom. The van der Waals surface area contributed by atoms with Crippen molar-refractivity contribution in [3.05, 3.63) is 136 Å². The van der Waals surface area contributed by atoms with Gasteiger partial charge in [0.2, 0.25) is 17.7 Å². The van der Waals surface area contributed by atoms with E-state index >= 15 is 0 Å². The molecule has 2 aliphatic rings. The molecule has 2 heterocycles. The van der Waals surface area contributed by atoms with Crippen LogP contribution in [0.1, 0.15) is 28.7 Å². The van der Waals surface area contributed by atoms with Gasteiger partial charge in [-0.05, 0) is 46.9 Å². The molecule has 0 aliphatic carbocycles. The Kier molecular flexibility index (Phi) is 6.53. The number of amides is 3. The van der Waals surface area contributed by atoms with Gasteiger partial charge in [-0.2, -0.15) is 0 Å². The zero-order valence-corrected chi connectivity index (χ0v) is 22.1. The highest BCUT2D eigenvalue weighted by molar-refractivity contribution is 6.31. The number of benzene rings is 4. The Morgan fingerprint density at radius 1 is 0.692 bits per heavy atom. The zero-order chi connectivity index (χ0) is 27.0. The number of hydrogen-bond acceptors (Lipinski definition) is 3. The Balaban J connectivity index is 1.48. The van der Waals surface area contributed by atoms with Gasteiger partial charge < -0.3 is 4.90 Å². The summed E-state index contributed by atoms with van der Waals surface area (Å²) in [5.74, 6) is -1.61. The standard InChI is InChI=1S/C33H27ClN2O3/c34-26-16-17-29-27(18-26)33(20-23-10-4-1-5-11-23,32(39)35(29)21-24-12-6-2-7-13-24)28-19-30(37)36(31(28)38)22-25-14-8-3-9-15-25/h1-18,28H,19-22H2/t28-,33+/m0/s1. The molecule has 4 aromatic rings. The lowest BCUT2D eigenvalue weighted by Crippen LogP contribution is -2.49. The minimum absolute atomic E-state index is 0.0324. The minimum Gasteiger partial charge on any atom is -0.307 e. The quantitative estimate of drug-likeness (QED) is 0.276. The second-order valence-electron chi connectivity index (χ2n) is 10.2. The maximum atomic E-state index is 14.7. The number of fused-ring (bicyclic) bond motifs is 1. The average molecular weight is 535 g/mol. The van der Waals surface area contributed by atoms with Crippen molar-refractivity contribution in [2.45, 2.75) is 31.3 Å². The molecule has 39 heavy (non-hydrogen) atoms. The topological polar surface area (TPSA) is 57.7 Å². The van der Waals surface area contributed by atoms with Gasteiger partial charge >= 0.3 is 0 Å². The van der Waals surface area contributed by atoms with Crippen LogP contribution in [0.3, 0.4) is 0 Å². The van der Waals surface area contributed by atoms with Crippen molar-refractivity contribution in [2.75, 3.05) is 4.90 Å². The summed E-state index contributed by atoms with van der Waals surface area (Å²) in [4.78, 5) is 45.2. The number of carbonyl (C=O) groups is 3. The molecule has 6 heteroatoms. The van der Waals surface area contributed by atoms with E-state index in [0.29, 0.717) is 17.1 Å². The molecule has 0 bridgehead atoms. The molecular formula is C33H27ClN2O3. The molecular weight excluding hydrogens is 508 g/mol. The molecule has 1 saturated heterocycles. The van der Waals surface area contributed by atoms with E-state index in [4.69, 9.17) is 11.6 Å². The number of nitrogens with zero attached hydrogens (tertiary/aromatic N) is 2. The van der Waals surface area contributed by atoms with Crippen molar-refractivity contribution in [3.8, 4) is 0 Å². The highest BCUT2D eigenvalue weighted by atomic mass is 35.5. The zero-order valence-electron chi connectivity index (χ0n) is 21.3. The molecule has 1 fully saturated rings. The van der Waals surface area contributed by atoms with Gasteiger partial charge in [0.1, 0.15) is 0 Å². The Morgan fingerprint density at radius 2 is 1.23 bits per heavy atom. The summed E-state index contributed by atoms with van der Waals surface area (Å²) in [6, 6.07) is 34.3. The van der Waals surface area contributed by atoms with Gasteiger partial charge in [0.05, 0.1) is 24.4 Å². The molecule has 5 nitrogen and oxygen atoms in total. The molecule has 0 radical (unpaired) electrons. The summed E-state index contributed by atoms with van der Waals surface area (Å²) in [5, 5.41) is 0.485. The fraction of sp³-hybridized carbons (Fsp3) is 0.182. The Bertz CT molecular complexity index is 1540.